The van der Waals surface area contributed by atoms with Crippen LogP contribution in [-0.4, -0.2) is 0 Å². The van der Waals surface area contributed by atoms with Crippen LogP contribution in [-0.2, 0) is 0 Å². The standard InChI is InChI=1S/C24H30F2/c1-4-5-22(21-14-23(25)17(3)24(26)15-21)20-12-10-19(11-13-20)18-8-6-16(2)7-9-18/h6-9,14-15,19-20,22H,4-5,10-13H2,1-3H3. The van der Waals surface area contributed by atoms with Crippen LogP contribution >= 0.6 is 0 Å². The molecule has 0 N–H and O–H groups in total. The van der Waals surface area contributed by atoms with E-state index in [0.717, 1.165) is 31.2 Å². The lowest BCUT2D eigenvalue weighted by atomic mass is 9.70. The van der Waals surface area contributed by atoms with Crippen molar-refractivity contribution >= 4 is 0 Å². The van der Waals surface area contributed by atoms with Crippen LogP contribution in [0.25, 0.3) is 0 Å². The number of benzene rings is 2. The summed E-state index contributed by atoms with van der Waals surface area (Å²) in [5, 5.41) is 0. The molecule has 0 radical (unpaired) electrons. The molecule has 2 aromatic rings. The molecule has 1 aliphatic carbocycles. The van der Waals surface area contributed by atoms with E-state index >= 15 is 0 Å². The van der Waals surface area contributed by atoms with Crippen molar-refractivity contribution < 1.29 is 8.78 Å². The Bertz CT molecular complexity index is 701. The van der Waals surface area contributed by atoms with Gasteiger partial charge in [-0.3, -0.25) is 0 Å². The second kappa shape index (κ2) is 8.33. The van der Waals surface area contributed by atoms with Crippen LogP contribution < -0.4 is 0 Å². The predicted molar refractivity (Wildman–Crippen MR) is 105 cm³/mol. The topological polar surface area (TPSA) is 0 Å². The summed E-state index contributed by atoms with van der Waals surface area (Å²) in [6.45, 7) is 5.79. The lowest BCUT2D eigenvalue weighted by Crippen LogP contribution is -2.20. The summed E-state index contributed by atoms with van der Waals surface area (Å²) in [5.41, 5.74) is 3.72. The quantitative estimate of drug-likeness (QED) is 0.522. The monoisotopic (exact) mass is 356 g/mol. The van der Waals surface area contributed by atoms with E-state index in [1.54, 1.807) is 12.1 Å². The fraction of sp³-hybridized carbons (Fsp3) is 0.500. The predicted octanol–water partition coefficient (Wildman–Crippen LogP) is 7.44. The highest BCUT2D eigenvalue weighted by molar-refractivity contribution is 5.29. The molecule has 0 spiro atoms. The summed E-state index contributed by atoms with van der Waals surface area (Å²) in [4.78, 5) is 0. The first-order chi connectivity index (χ1) is 12.5. The first kappa shape index (κ1) is 19.1. The zero-order valence-electron chi connectivity index (χ0n) is 16.2. The van der Waals surface area contributed by atoms with Crippen LogP contribution in [0.3, 0.4) is 0 Å². The van der Waals surface area contributed by atoms with E-state index in [4.69, 9.17) is 0 Å². The van der Waals surface area contributed by atoms with Gasteiger partial charge in [0.15, 0.2) is 0 Å². The maximum absolute atomic E-state index is 14.1. The molecule has 0 nitrogen and oxygen atoms in total. The molecule has 1 fully saturated rings. The van der Waals surface area contributed by atoms with Gasteiger partial charge < -0.3 is 0 Å². The average molecular weight is 357 g/mol. The summed E-state index contributed by atoms with van der Waals surface area (Å²) < 4.78 is 28.2. The smallest absolute Gasteiger partial charge is 0.129 e. The van der Waals surface area contributed by atoms with Crippen molar-refractivity contribution in [2.24, 2.45) is 5.92 Å². The Kier molecular flexibility index (Phi) is 6.11. The normalized spacial score (nSPS) is 21.6. The number of rotatable bonds is 5. The Hall–Kier alpha value is -1.70. The minimum absolute atomic E-state index is 0.132. The van der Waals surface area contributed by atoms with Gasteiger partial charge in [-0.15, -0.1) is 0 Å². The molecule has 3 rings (SSSR count). The molecule has 0 aliphatic heterocycles. The Labute approximate surface area is 156 Å². The maximum Gasteiger partial charge on any atom is 0.129 e. The molecule has 1 unspecified atom stereocenters. The van der Waals surface area contributed by atoms with Gasteiger partial charge in [-0.1, -0.05) is 43.2 Å². The molecule has 140 valence electrons. The lowest BCUT2D eigenvalue weighted by molar-refractivity contribution is 0.271. The van der Waals surface area contributed by atoms with Gasteiger partial charge in [0.2, 0.25) is 0 Å². The minimum atomic E-state index is -0.408. The molecule has 0 bridgehead atoms. The van der Waals surface area contributed by atoms with E-state index < -0.39 is 11.6 Å². The SMILES string of the molecule is CCCC(c1cc(F)c(C)c(F)c1)C1CCC(c2ccc(C)cc2)CC1. The van der Waals surface area contributed by atoms with Crippen molar-refractivity contribution in [2.75, 3.05) is 0 Å². The highest BCUT2D eigenvalue weighted by atomic mass is 19.1. The molecule has 0 saturated heterocycles. The van der Waals surface area contributed by atoms with Gasteiger partial charge in [0, 0.05) is 5.56 Å². The largest absolute Gasteiger partial charge is 0.207 e. The summed E-state index contributed by atoms with van der Waals surface area (Å²) in [7, 11) is 0. The molecular formula is C24H30F2. The van der Waals surface area contributed by atoms with Crippen LogP contribution in [0.2, 0.25) is 0 Å². The van der Waals surface area contributed by atoms with Crippen molar-refractivity contribution in [3.8, 4) is 0 Å². The van der Waals surface area contributed by atoms with Gasteiger partial charge in [0.25, 0.3) is 0 Å². The Morgan fingerprint density at radius 1 is 0.923 bits per heavy atom. The maximum atomic E-state index is 14.1. The van der Waals surface area contributed by atoms with Crippen LogP contribution in [0, 0.1) is 31.4 Å². The van der Waals surface area contributed by atoms with Crippen molar-refractivity contribution in [2.45, 2.75) is 71.1 Å². The Morgan fingerprint density at radius 3 is 2.04 bits per heavy atom. The van der Waals surface area contributed by atoms with E-state index in [1.807, 2.05) is 0 Å². The van der Waals surface area contributed by atoms with Crippen LogP contribution in [0.1, 0.15) is 79.5 Å². The molecule has 26 heavy (non-hydrogen) atoms. The first-order valence-electron chi connectivity index (χ1n) is 10.0. The fourth-order valence-corrected chi connectivity index (χ4v) is 4.56. The van der Waals surface area contributed by atoms with Crippen LogP contribution in [0.15, 0.2) is 36.4 Å². The molecule has 0 aromatic heterocycles. The van der Waals surface area contributed by atoms with Gasteiger partial charge in [-0.05, 0) is 87.0 Å². The molecule has 1 aliphatic rings. The second-order valence-electron chi connectivity index (χ2n) is 8.03. The zero-order valence-corrected chi connectivity index (χ0v) is 16.2. The third kappa shape index (κ3) is 4.16. The van der Waals surface area contributed by atoms with Gasteiger partial charge in [0.1, 0.15) is 11.6 Å². The molecule has 0 heterocycles. The Morgan fingerprint density at radius 2 is 1.50 bits per heavy atom. The summed E-state index contributed by atoms with van der Waals surface area (Å²) in [6.07, 6.45) is 6.66. The molecular weight excluding hydrogens is 326 g/mol. The summed E-state index contributed by atoms with van der Waals surface area (Å²) in [6, 6.07) is 12.1. The summed E-state index contributed by atoms with van der Waals surface area (Å²) >= 11 is 0. The van der Waals surface area contributed by atoms with Crippen molar-refractivity contribution in [1.82, 2.24) is 0 Å². The van der Waals surface area contributed by atoms with E-state index in [1.165, 1.54) is 30.9 Å². The molecule has 0 amide bonds. The van der Waals surface area contributed by atoms with Crippen molar-refractivity contribution in [1.29, 1.82) is 0 Å². The zero-order chi connectivity index (χ0) is 18.7. The number of hydrogen-bond acceptors (Lipinski definition) is 0. The van der Waals surface area contributed by atoms with Gasteiger partial charge in [-0.2, -0.15) is 0 Å². The van der Waals surface area contributed by atoms with Gasteiger partial charge >= 0.3 is 0 Å². The van der Waals surface area contributed by atoms with E-state index in [9.17, 15) is 8.78 Å². The van der Waals surface area contributed by atoms with E-state index in [-0.39, 0.29) is 11.5 Å². The van der Waals surface area contributed by atoms with E-state index in [0.29, 0.717) is 11.8 Å². The molecule has 2 aromatic carbocycles. The highest BCUT2D eigenvalue weighted by Gasteiger charge is 2.29. The first-order valence-corrected chi connectivity index (χ1v) is 10.0. The molecule has 1 saturated carbocycles. The number of aryl methyl sites for hydroxylation is 1. The van der Waals surface area contributed by atoms with Crippen LogP contribution in [0.4, 0.5) is 8.78 Å². The second-order valence-corrected chi connectivity index (χ2v) is 8.03. The third-order valence-corrected chi connectivity index (χ3v) is 6.22. The van der Waals surface area contributed by atoms with Crippen molar-refractivity contribution in [3.05, 3.63) is 70.3 Å². The van der Waals surface area contributed by atoms with E-state index in [2.05, 4.69) is 38.1 Å². The lowest BCUT2D eigenvalue weighted by Gasteiger charge is -2.34. The van der Waals surface area contributed by atoms with Gasteiger partial charge in [-0.25, -0.2) is 8.78 Å². The number of hydrogen-bond donors (Lipinski definition) is 0. The minimum Gasteiger partial charge on any atom is -0.207 e. The van der Waals surface area contributed by atoms with Crippen molar-refractivity contribution in [3.63, 3.8) is 0 Å². The summed E-state index contributed by atoms with van der Waals surface area (Å²) in [5.74, 6) is 0.603. The Balaban J connectivity index is 1.73. The molecule has 2 heteroatoms. The third-order valence-electron chi connectivity index (χ3n) is 6.22. The van der Waals surface area contributed by atoms with Crippen LogP contribution in [0.5, 0.6) is 0 Å². The van der Waals surface area contributed by atoms with Gasteiger partial charge in [0.05, 0.1) is 0 Å². The molecule has 1 atom stereocenters. The fourth-order valence-electron chi connectivity index (χ4n) is 4.56. The average Bonchev–Trinajstić information content (AvgIpc) is 2.65. The highest BCUT2D eigenvalue weighted by Crippen LogP contribution is 2.44. The number of halogens is 2.